The Morgan fingerprint density at radius 2 is 1.02 bits per heavy atom. The van der Waals surface area contributed by atoms with Crippen LogP contribution in [-0.4, -0.2) is 15.0 Å². The van der Waals surface area contributed by atoms with E-state index in [0.29, 0.717) is 17.5 Å². The maximum atomic E-state index is 6.30. The van der Waals surface area contributed by atoms with Gasteiger partial charge in [-0.2, -0.15) is 0 Å². The summed E-state index contributed by atoms with van der Waals surface area (Å²) >= 11 is 1.83. The zero-order chi connectivity index (χ0) is 33.9. The van der Waals surface area contributed by atoms with Crippen LogP contribution in [0.15, 0.2) is 156 Å². The zero-order valence-corrected chi connectivity index (χ0v) is 28.4. The minimum atomic E-state index is 0.607. The van der Waals surface area contributed by atoms with Crippen molar-refractivity contribution in [2.45, 2.75) is 0 Å². The van der Waals surface area contributed by atoms with Crippen molar-refractivity contribution in [3.63, 3.8) is 0 Å². The van der Waals surface area contributed by atoms with E-state index in [1.807, 2.05) is 29.5 Å². The maximum Gasteiger partial charge on any atom is 0.164 e. The molecule has 0 bridgehead atoms. The van der Waals surface area contributed by atoms with E-state index in [9.17, 15) is 0 Å². The molecule has 8 aromatic carbocycles. The fourth-order valence-corrected chi connectivity index (χ4v) is 9.40. The fraction of sp³-hybridized carbons (Fsp3) is 0. The molecule has 0 atom stereocenters. The lowest BCUT2D eigenvalue weighted by Gasteiger charge is -2.10. The standard InChI is InChI=1S/C47H25N3OS/c1-2-9-28-22-29(19-18-26(28)8-1)45-48-46(30-20-21-32-31-12-3-4-16-39(31)51-40(32)23-30)50-47(49-45)35-15-7-17-41-44(35)38-24-36-33-13-5-10-27-11-6-14-34(43(27)33)37(36)25-42(38)52-41/h1-25H. The molecule has 5 heteroatoms. The van der Waals surface area contributed by atoms with Gasteiger partial charge in [0.05, 0.1) is 0 Å². The first-order valence-electron chi connectivity index (χ1n) is 17.4. The molecule has 1 aliphatic rings. The SMILES string of the molecule is c1ccc2cc(-c3nc(-c4ccc5c(c4)oc4ccccc45)nc(-c4cccc5sc6cc7c(cc6c45)-c4cccc5cccc-7c45)n3)ccc2c1. The lowest BCUT2D eigenvalue weighted by atomic mass is 9.99. The Kier molecular flexibility index (Phi) is 5.62. The molecule has 3 aromatic heterocycles. The molecule has 12 rings (SSSR count). The van der Waals surface area contributed by atoms with Crippen LogP contribution in [0.2, 0.25) is 0 Å². The number of aromatic nitrogens is 3. The van der Waals surface area contributed by atoms with Crippen LogP contribution in [0.3, 0.4) is 0 Å². The molecule has 11 aromatic rings. The second-order valence-electron chi connectivity index (χ2n) is 13.6. The van der Waals surface area contributed by atoms with E-state index in [2.05, 4.69) is 133 Å². The van der Waals surface area contributed by atoms with Crippen molar-refractivity contribution in [1.29, 1.82) is 0 Å². The highest BCUT2D eigenvalue weighted by Crippen LogP contribution is 2.51. The monoisotopic (exact) mass is 679 g/mol. The number of hydrogen-bond acceptors (Lipinski definition) is 5. The van der Waals surface area contributed by atoms with Crippen molar-refractivity contribution in [1.82, 2.24) is 15.0 Å². The molecule has 0 spiro atoms. The number of rotatable bonds is 3. The summed E-state index contributed by atoms with van der Waals surface area (Å²) in [4.78, 5) is 15.6. The minimum Gasteiger partial charge on any atom is -0.456 e. The minimum absolute atomic E-state index is 0.607. The van der Waals surface area contributed by atoms with Gasteiger partial charge in [-0.15, -0.1) is 11.3 Å². The van der Waals surface area contributed by atoms with Crippen molar-refractivity contribution < 1.29 is 4.42 Å². The van der Waals surface area contributed by atoms with Crippen molar-refractivity contribution in [3.8, 4) is 56.4 Å². The summed E-state index contributed by atoms with van der Waals surface area (Å²) in [5.74, 6) is 1.89. The molecule has 3 heterocycles. The second kappa shape index (κ2) is 10.4. The molecule has 0 amide bonds. The van der Waals surface area contributed by atoms with Crippen LogP contribution in [0.5, 0.6) is 0 Å². The van der Waals surface area contributed by atoms with Crippen LogP contribution in [0.4, 0.5) is 0 Å². The topological polar surface area (TPSA) is 51.8 Å². The van der Waals surface area contributed by atoms with Crippen LogP contribution in [0, 0.1) is 0 Å². The van der Waals surface area contributed by atoms with Gasteiger partial charge in [0, 0.05) is 47.6 Å². The van der Waals surface area contributed by atoms with Gasteiger partial charge in [-0.25, -0.2) is 15.0 Å². The van der Waals surface area contributed by atoms with Gasteiger partial charge < -0.3 is 4.42 Å². The number of furan rings is 1. The van der Waals surface area contributed by atoms with Crippen molar-refractivity contribution >= 4 is 75.0 Å². The first-order valence-corrected chi connectivity index (χ1v) is 18.2. The number of thiophene rings is 1. The third-order valence-corrected chi connectivity index (χ3v) is 11.8. The summed E-state index contributed by atoms with van der Waals surface area (Å²) in [7, 11) is 0. The Hall–Kier alpha value is -6.69. The molecule has 0 N–H and O–H groups in total. The molecular weight excluding hydrogens is 655 g/mol. The smallest absolute Gasteiger partial charge is 0.164 e. The molecule has 0 aliphatic heterocycles. The number of benzene rings is 8. The quantitative estimate of drug-likeness (QED) is 0.186. The molecule has 0 fully saturated rings. The van der Waals surface area contributed by atoms with Gasteiger partial charge in [-0.3, -0.25) is 0 Å². The van der Waals surface area contributed by atoms with Gasteiger partial charge >= 0.3 is 0 Å². The fourth-order valence-electron chi connectivity index (χ4n) is 8.24. The Labute approximate surface area is 301 Å². The molecule has 0 radical (unpaired) electrons. The summed E-state index contributed by atoms with van der Waals surface area (Å²) < 4.78 is 8.76. The van der Waals surface area contributed by atoms with Crippen LogP contribution < -0.4 is 0 Å². The number of nitrogens with zero attached hydrogens (tertiary/aromatic N) is 3. The molecule has 4 nitrogen and oxygen atoms in total. The molecular formula is C47H25N3OS. The summed E-state index contributed by atoms with van der Waals surface area (Å²) in [6.45, 7) is 0. The normalized spacial score (nSPS) is 12.2. The Morgan fingerprint density at radius 3 is 1.88 bits per heavy atom. The Balaban J connectivity index is 1.10. The Morgan fingerprint density at radius 1 is 0.365 bits per heavy atom. The third-order valence-electron chi connectivity index (χ3n) is 10.6. The van der Waals surface area contributed by atoms with E-state index in [1.165, 1.54) is 58.6 Å². The van der Waals surface area contributed by atoms with E-state index in [4.69, 9.17) is 19.4 Å². The highest BCUT2D eigenvalue weighted by Gasteiger charge is 2.24. The largest absolute Gasteiger partial charge is 0.456 e. The summed E-state index contributed by atoms with van der Waals surface area (Å²) in [6.07, 6.45) is 0. The van der Waals surface area contributed by atoms with Crippen LogP contribution in [0.1, 0.15) is 0 Å². The lowest BCUT2D eigenvalue weighted by molar-refractivity contribution is 0.669. The Bertz CT molecular complexity index is 3310. The van der Waals surface area contributed by atoms with Crippen molar-refractivity contribution in [3.05, 3.63) is 152 Å². The van der Waals surface area contributed by atoms with Gasteiger partial charge in [-0.1, -0.05) is 109 Å². The van der Waals surface area contributed by atoms with Gasteiger partial charge in [0.25, 0.3) is 0 Å². The highest BCUT2D eigenvalue weighted by atomic mass is 32.1. The predicted octanol–water partition coefficient (Wildman–Crippen LogP) is 13.1. The molecule has 52 heavy (non-hydrogen) atoms. The van der Waals surface area contributed by atoms with Gasteiger partial charge in [0.15, 0.2) is 17.5 Å². The average molecular weight is 680 g/mol. The van der Waals surface area contributed by atoms with Crippen molar-refractivity contribution in [2.24, 2.45) is 0 Å². The van der Waals surface area contributed by atoms with E-state index in [1.54, 1.807) is 0 Å². The second-order valence-corrected chi connectivity index (χ2v) is 14.6. The molecule has 240 valence electrons. The number of hydrogen-bond donors (Lipinski definition) is 0. The lowest BCUT2D eigenvalue weighted by Crippen LogP contribution is -2.00. The van der Waals surface area contributed by atoms with Gasteiger partial charge in [-0.05, 0) is 86.3 Å². The van der Waals surface area contributed by atoms with Gasteiger partial charge in [0.1, 0.15) is 11.2 Å². The predicted molar refractivity (Wildman–Crippen MR) is 216 cm³/mol. The molecule has 1 aliphatic carbocycles. The summed E-state index contributed by atoms with van der Waals surface area (Å²) in [5.41, 5.74) is 9.68. The first-order chi connectivity index (χ1) is 25.7. The number of para-hydroxylation sites is 1. The van der Waals surface area contributed by atoms with E-state index in [-0.39, 0.29) is 0 Å². The first kappa shape index (κ1) is 28.1. The number of fused-ring (bicyclic) bond motifs is 10. The summed E-state index contributed by atoms with van der Waals surface area (Å²) in [5, 5.41) is 9.49. The van der Waals surface area contributed by atoms with Crippen LogP contribution in [-0.2, 0) is 0 Å². The van der Waals surface area contributed by atoms with Gasteiger partial charge in [0.2, 0.25) is 0 Å². The molecule has 0 unspecified atom stereocenters. The molecule has 0 saturated heterocycles. The molecule has 0 saturated carbocycles. The highest BCUT2D eigenvalue weighted by molar-refractivity contribution is 7.26. The zero-order valence-electron chi connectivity index (χ0n) is 27.6. The van der Waals surface area contributed by atoms with Crippen LogP contribution >= 0.6 is 11.3 Å². The van der Waals surface area contributed by atoms with Crippen molar-refractivity contribution in [2.75, 3.05) is 0 Å². The average Bonchev–Trinajstić information content (AvgIpc) is 3.86. The van der Waals surface area contributed by atoms with Crippen LogP contribution in [0.25, 0.3) is 120 Å². The van der Waals surface area contributed by atoms with E-state index in [0.717, 1.165) is 44.0 Å². The van der Waals surface area contributed by atoms with E-state index < -0.39 is 0 Å². The summed E-state index contributed by atoms with van der Waals surface area (Å²) in [6, 6.07) is 53.8. The van der Waals surface area contributed by atoms with E-state index >= 15 is 0 Å². The third kappa shape index (κ3) is 3.99. The maximum absolute atomic E-state index is 6.30.